The van der Waals surface area contributed by atoms with Crippen molar-refractivity contribution < 1.29 is 13.2 Å². The summed E-state index contributed by atoms with van der Waals surface area (Å²) in [7, 11) is -3.73. The lowest BCUT2D eigenvalue weighted by molar-refractivity contribution is -0.121. The maximum absolute atomic E-state index is 12.3. The number of nitrogens with zero attached hydrogens (tertiary/aromatic N) is 1. The second-order valence-electron chi connectivity index (χ2n) is 5.93. The zero-order chi connectivity index (χ0) is 17.9. The summed E-state index contributed by atoms with van der Waals surface area (Å²) >= 11 is 6.92. The Morgan fingerprint density at radius 2 is 1.92 bits per heavy atom. The van der Waals surface area contributed by atoms with Gasteiger partial charge in [-0.1, -0.05) is 24.4 Å². The highest BCUT2D eigenvalue weighted by molar-refractivity contribution is 7.93. The van der Waals surface area contributed by atoms with Crippen LogP contribution in [0.15, 0.2) is 34.5 Å². The first-order valence-electron chi connectivity index (χ1n) is 7.94. The van der Waals surface area contributed by atoms with Gasteiger partial charge in [-0.3, -0.25) is 9.52 Å². The number of hydrogen-bond donors (Lipinski definition) is 2. The summed E-state index contributed by atoms with van der Waals surface area (Å²) in [6.07, 6.45) is 4.50. The van der Waals surface area contributed by atoms with Crippen LogP contribution in [-0.4, -0.2) is 25.4 Å². The van der Waals surface area contributed by atoms with Crippen molar-refractivity contribution >= 4 is 44.0 Å². The quantitative estimate of drug-likeness (QED) is 0.780. The van der Waals surface area contributed by atoms with Gasteiger partial charge in [0.15, 0.2) is 5.13 Å². The maximum Gasteiger partial charge on any atom is 0.263 e. The topological polar surface area (TPSA) is 88.2 Å². The molecule has 0 aliphatic heterocycles. The minimum absolute atomic E-state index is 0.0793. The van der Waals surface area contributed by atoms with Crippen LogP contribution in [0.2, 0.25) is 5.02 Å². The third-order valence-corrected chi connectivity index (χ3v) is 6.50. The molecule has 1 aromatic heterocycles. The second-order valence-corrected chi connectivity index (χ2v) is 8.91. The fourth-order valence-corrected chi connectivity index (χ4v) is 4.83. The molecule has 0 spiro atoms. The summed E-state index contributed by atoms with van der Waals surface area (Å²) in [4.78, 5) is 16.3. The fraction of sp³-hybridized carbons (Fsp3) is 0.375. The van der Waals surface area contributed by atoms with Crippen molar-refractivity contribution in [3.8, 4) is 0 Å². The summed E-state index contributed by atoms with van der Waals surface area (Å²) in [5.74, 6) is -0.0793. The number of nitrogens with one attached hydrogen (secondary N) is 2. The predicted octanol–water partition coefficient (Wildman–Crippen LogP) is 3.20. The molecule has 0 radical (unpaired) electrons. The van der Waals surface area contributed by atoms with Crippen LogP contribution >= 0.6 is 22.9 Å². The van der Waals surface area contributed by atoms with Crippen molar-refractivity contribution in [1.82, 2.24) is 10.3 Å². The molecular weight excluding hydrogens is 382 g/mol. The Balaban J connectivity index is 1.61. The summed E-state index contributed by atoms with van der Waals surface area (Å²) in [6.45, 7) is 0. The van der Waals surface area contributed by atoms with E-state index in [9.17, 15) is 13.2 Å². The molecule has 0 unspecified atom stereocenters. The Hall–Kier alpha value is -1.64. The van der Waals surface area contributed by atoms with E-state index in [4.69, 9.17) is 11.6 Å². The van der Waals surface area contributed by atoms with Crippen LogP contribution in [0.1, 0.15) is 31.4 Å². The molecule has 1 aliphatic carbocycles. The molecule has 0 bridgehead atoms. The zero-order valence-electron chi connectivity index (χ0n) is 13.4. The van der Waals surface area contributed by atoms with Crippen LogP contribution in [0.3, 0.4) is 0 Å². The monoisotopic (exact) mass is 399 g/mol. The normalized spacial score (nSPS) is 15.2. The van der Waals surface area contributed by atoms with Gasteiger partial charge in [0.2, 0.25) is 5.91 Å². The molecule has 0 atom stereocenters. The number of halogens is 1. The molecule has 1 aliphatic rings. The van der Waals surface area contributed by atoms with Crippen LogP contribution in [0, 0.1) is 0 Å². The molecule has 6 nitrogen and oxygen atoms in total. The number of thiazole rings is 1. The van der Waals surface area contributed by atoms with E-state index in [2.05, 4.69) is 15.0 Å². The van der Waals surface area contributed by atoms with E-state index < -0.39 is 10.0 Å². The van der Waals surface area contributed by atoms with E-state index in [0.29, 0.717) is 10.7 Å². The number of rotatable bonds is 6. The van der Waals surface area contributed by atoms with E-state index in [0.717, 1.165) is 37.0 Å². The molecule has 9 heteroatoms. The van der Waals surface area contributed by atoms with E-state index in [1.54, 1.807) is 5.38 Å². The highest BCUT2D eigenvalue weighted by atomic mass is 35.5. The number of sulfonamides is 1. The Kier molecular flexibility index (Phi) is 5.61. The van der Waals surface area contributed by atoms with Gasteiger partial charge < -0.3 is 5.32 Å². The van der Waals surface area contributed by atoms with Crippen LogP contribution in [0.4, 0.5) is 5.13 Å². The Morgan fingerprint density at radius 1 is 1.24 bits per heavy atom. The third-order valence-electron chi connectivity index (χ3n) is 3.96. The zero-order valence-corrected chi connectivity index (χ0v) is 15.8. The molecule has 25 heavy (non-hydrogen) atoms. The van der Waals surface area contributed by atoms with Crippen molar-refractivity contribution in [3.05, 3.63) is 40.4 Å². The van der Waals surface area contributed by atoms with Gasteiger partial charge >= 0.3 is 0 Å². The average Bonchev–Trinajstić information content (AvgIpc) is 3.19. The summed E-state index contributed by atoms with van der Waals surface area (Å²) in [5.41, 5.74) is 0.550. The molecule has 1 saturated carbocycles. The highest BCUT2D eigenvalue weighted by Gasteiger charge is 2.19. The molecule has 1 aromatic carbocycles. The second kappa shape index (κ2) is 7.72. The summed E-state index contributed by atoms with van der Waals surface area (Å²) in [5, 5.41) is 5.38. The largest absolute Gasteiger partial charge is 0.353 e. The summed E-state index contributed by atoms with van der Waals surface area (Å²) in [6, 6.07) is 6.13. The van der Waals surface area contributed by atoms with Crippen molar-refractivity contribution in [2.24, 2.45) is 0 Å². The lowest BCUT2D eigenvalue weighted by Gasteiger charge is -2.10. The van der Waals surface area contributed by atoms with E-state index in [-0.39, 0.29) is 28.4 Å². The van der Waals surface area contributed by atoms with E-state index >= 15 is 0 Å². The minimum atomic E-state index is -3.73. The van der Waals surface area contributed by atoms with Crippen LogP contribution < -0.4 is 10.0 Å². The van der Waals surface area contributed by atoms with Crippen molar-refractivity contribution in [3.63, 3.8) is 0 Å². The lowest BCUT2D eigenvalue weighted by Crippen LogP contribution is -2.33. The van der Waals surface area contributed by atoms with Gasteiger partial charge in [-0.15, -0.1) is 11.3 Å². The van der Waals surface area contributed by atoms with Crippen molar-refractivity contribution in [2.75, 3.05) is 4.72 Å². The van der Waals surface area contributed by atoms with Gasteiger partial charge in [0, 0.05) is 16.4 Å². The van der Waals surface area contributed by atoms with E-state index in [1.807, 2.05) is 0 Å². The number of aromatic nitrogens is 1. The Morgan fingerprint density at radius 3 is 2.60 bits per heavy atom. The van der Waals surface area contributed by atoms with Crippen LogP contribution in [-0.2, 0) is 21.2 Å². The number of amides is 1. The Labute approximate surface area is 155 Å². The SMILES string of the molecule is O=C(Cc1csc(NS(=O)(=O)c2ccc(Cl)cc2)n1)NC1CCCC1. The highest BCUT2D eigenvalue weighted by Crippen LogP contribution is 2.22. The van der Waals surface area contributed by atoms with Crippen LogP contribution in [0.25, 0.3) is 0 Å². The maximum atomic E-state index is 12.3. The predicted molar refractivity (Wildman–Crippen MR) is 98.5 cm³/mol. The molecule has 1 heterocycles. The van der Waals surface area contributed by atoms with Crippen molar-refractivity contribution in [2.45, 2.75) is 43.0 Å². The average molecular weight is 400 g/mol. The van der Waals surface area contributed by atoms with Gasteiger partial charge in [0.05, 0.1) is 17.0 Å². The number of carbonyl (C=O) groups excluding carboxylic acids is 1. The minimum Gasteiger partial charge on any atom is -0.353 e. The molecule has 2 aromatic rings. The molecule has 3 rings (SSSR count). The molecule has 134 valence electrons. The molecule has 1 amide bonds. The van der Waals surface area contributed by atoms with Gasteiger partial charge in [-0.05, 0) is 37.1 Å². The first kappa shape index (κ1) is 18.2. The number of hydrogen-bond acceptors (Lipinski definition) is 5. The lowest BCUT2D eigenvalue weighted by atomic mass is 10.2. The molecule has 1 fully saturated rings. The molecule has 2 N–H and O–H groups in total. The Bertz CT molecular complexity index is 844. The number of anilines is 1. The van der Waals surface area contributed by atoms with Crippen molar-refractivity contribution in [1.29, 1.82) is 0 Å². The fourth-order valence-electron chi connectivity index (χ4n) is 2.74. The van der Waals surface area contributed by atoms with Gasteiger partial charge in [-0.25, -0.2) is 13.4 Å². The van der Waals surface area contributed by atoms with Gasteiger partial charge in [-0.2, -0.15) is 0 Å². The van der Waals surface area contributed by atoms with Crippen LogP contribution in [0.5, 0.6) is 0 Å². The first-order chi connectivity index (χ1) is 11.9. The van der Waals surface area contributed by atoms with Gasteiger partial charge in [0.1, 0.15) is 0 Å². The summed E-state index contributed by atoms with van der Waals surface area (Å²) < 4.78 is 27.0. The third kappa shape index (κ3) is 4.93. The van der Waals surface area contributed by atoms with E-state index in [1.165, 1.54) is 24.3 Å². The number of benzene rings is 1. The number of carbonyl (C=O) groups is 1. The first-order valence-corrected chi connectivity index (χ1v) is 10.7. The molecular formula is C16H18ClN3O3S2. The van der Waals surface area contributed by atoms with Gasteiger partial charge in [0.25, 0.3) is 10.0 Å². The molecule has 0 saturated heterocycles. The smallest absolute Gasteiger partial charge is 0.263 e. The standard InChI is InChI=1S/C16H18ClN3O3S2/c17-11-5-7-14(8-6-11)25(22,23)20-16-19-13(10-24-16)9-15(21)18-12-3-1-2-4-12/h5-8,10,12H,1-4,9H2,(H,18,21)(H,19,20).